The van der Waals surface area contributed by atoms with Crippen molar-refractivity contribution in [3.8, 4) is 6.07 Å². The van der Waals surface area contributed by atoms with E-state index < -0.39 is 5.54 Å². The maximum atomic E-state index is 12.4. The smallest absolute Gasteiger partial charge is 0.235 e. The number of nitrogens with zero attached hydrogens (tertiary/aromatic N) is 3. The molecule has 4 nitrogen and oxygen atoms in total. The van der Waals surface area contributed by atoms with Crippen molar-refractivity contribution in [3.63, 3.8) is 0 Å². The van der Waals surface area contributed by atoms with Crippen LogP contribution in [0.4, 0.5) is 0 Å². The van der Waals surface area contributed by atoms with E-state index in [0.29, 0.717) is 5.91 Å². The predicted octanol–water partition coefficient (Wildman–Crippen LogP) is 1.72. The Labute approximate surface area is 120 Å². The van der Waals surface area contributed by atoms with Crippen molar-refractivity contribution in [1.82, 2.24) is 9.80 Å². The van der Waals surface area contributed by atoms with Crippen LogP contribution in [0.15, 0.2) is 0 Å². The highest BCUT2D eigenvalue weighted by atomic mass is 32.2. The van der Waals surface area contributed by atoms with Crippen LogP contribution in [-0.2, 0) is 4.79 Å². The Balaban J connectivity index is 1.86. The zero-order valence-electron chi connectivity index (χ0n) is 11.9. The molecule has 2 heterocycles. The van der Waals surface area contributed by atoms with Crippen LogP contribution in [0.2, 0.25) is 0 Å². The average molecular weight is 281 g/mol. The molecule has 19 heavy (non-hydrogen) atoms. The molecule has 0 aliphatic carbocycles. The SMILES string of the molecule is CC(C)(C#N)N1CCN(C(=O)C2CCCCS2)CC1. The molecule has 106 valence electrons. The first-order valence-electron chi connectivity index (χ1n) is 7.11. The van der Waals surface area contributed by atoms with Crippen LogP contribution in [0.25, 0.3) is 0 Å². The summed E-state index contributed by atoms with van der Waals surface area (Å²) in [5.74, 6) is 1.44. The van der Waals surface area contributed by atoms with Crippen molar-refractivity contribution >= 4 is 17.7 Å². The largest absolute Gasteiger partial charge is 0.339 e. The van der Waals surface area contributed by atoms with Gasteiger partial charge < -0.3 is 4.90 Å². The number of rotatable bonds is 2. The maximum Gasteiger partial charge on any atom is 0.235 e. The lowest BCUT2D eigenvalue weighted by atomic mass is 10.0. The first-order valence-corrected chi connectivity index (χ1v) is 8.16. The molecule has 0 aromatic rings. The van der Waals surface area contributed by atoms with E-state index in [-0.39, 0.29) is 5.25 Å². The molecule has 0 N–H and O–H groups in total. The van der Waals surface area contributed by atoms with Gasteiger partial charge in [0.1, 0.15) is 5.54 Å². The van der Waals surface area contributed by atoms with Crippen molar-refractivity contribution in [2.45, 2.75) is 43.9 Å². The number of thioether (sulfide) groups is 1. The number of hydrogen-bond donors (Lipinski definition) is 0. The quantitative estimate of drug-likeness (QED) is 0.773. The van der Waals surface area contributed by atoms with Crippen LogP contribution in [0.5, 0.6) is 0 Å². The highest BCUT2D eigenvalue weighted by Gasteiger charge is 2.33. The van der Waals surface area contributed by atoms with Crippen LogP contribution in [0.1, 0.15) is 33.1 Å². The zero-order valence-corrected chi connectivity index (χ0v) is 12.7. The van der Waals surface area contributed by atoms with Gasteiger partial charge in [0.15, 0.2) is 0 Å². The van der Waals surface area contributed by atoms with Crippen molar-refractivity contribution in [1.29, 1.82) is 5.26 Å². The van der Waals surface area contributed by atoms with Gasteiger partial charge in [-0.3, -0.25) is 9.69 Å². The number of amides is 1. The Morgan fingerprint density at radius 1 is 1.26 bits per heavy atom. The van der Waals surface area contributed by atoms with Gasteiger partial charge in [-0.15, -0.1) is 11.8 Å². The normalized spacial score (nSPS) is 25.9. The molecule has 2 rings (SSSR count). The van der Waals surface area contributed by atoms with E-state index >= 15 is 0 Å². The monoisotopic (exact) mass is 281 g/mol. The first kappa shape index (κ1) is 14.7. The van der Waals surface area contributed by atoms with Gasteiger partial charge in [0.25, 0.3) is 0 Å². The van der Waals surface area contributed by atoms with Gasteiger partial charge in [0, 0.05) is 26.2 Å². The summed E-state index contributed by atoms with van der Waals surface area (Å²) in [5.41, 5.74) is -0.422. The van der Waals surface area contributed by atoms with Crippen molar-refractivity contribution < 1.29 is 4.79 Å². The fraction of sp³-hybridized carbons (Fsp3) is 0.857. The van der Waals surface area contributed by atoms with Gasteiger partial charge >= 0.3 is 0 Å². The van der Waals surface area contributed by atoms with E-state index in [9.17, 15) is 4.79 Å². The predicted molar refractivity (Wildman–Crippen MR) is 77.9 cm³/mol. The molecule has 0 spiro atoms. The number of carbonyl (C=O) groups is 1. The molecule has 0 radical (unpaired) electrons. The van der Waals surface area contributed by atoms with E-state index in [1.54, 1.807) is 0 Å². The standard InChI is InChI=1S/C14H23N3OS/c1-14(2,11-15)17-8-6-16(7-9-17)13(18)12-5-3-4-10-19-12/h12H,3-10H2,1-2H3. The van der Waals surface area contributed by atoms with E-state index in [0.717, 1.165) is 38.4 Å². The minimum absolute atomic E-state index is 0.185. The van der Waals surface area contributed by atoms with E-state index in [4.69, 9.17) is 5.26 Å². The topological polar surface area (TPSA) is 47.3 Å². The Morgan fingerprint density at radius 3 is 2.47 bits per heavy atom. The summed E-state index contributed by atoms with van der Waals surface area (Å²) >= 11 is 1.82. The molecule has 0 aromatic heterocycles. The van der Waals surface area contributed by atoms with Gasteiger partial charge in [-0.1, -0.05) is 6.42 Å². The third-order valence-corrected chi connectivity index (χ3v) is 5.47. The molecule has 0 saturated carbocycles. The number of hydrogen-bond acceptors (Lipinski definition) is 4. The van der Waals surface area contributed by atoms with Crippen molar-refractivity contribution in [2.24, 2.45) is 0 Å². The maximum absolute atomic E-state index is 12.4. The lowest BCUT2D eigenvalue weighted by Crippen LogP contribution is -2.56. The number of carbonyl (C=O) groups excluding carboxylic acids is 1. The summed E-state index contributed by atoms with van der Waals surface area (Å²) in [5, 5.41) is 9.33. The van der Waals surface area contributed by atoms with Gasteiger partial charge in [0.2, 0.25) is 5.91 Å². The number of nitriles is 1. The van der Waals surface area contributed by atoms with Crippen LogP contribution < -0.4 is 0 Å². The molecule has 1 unspecified atom stereocenters. The Kier molecular flexibility index (Phi) is 4.75. The summed E-state index contributed by atoms with van der Waals surface area (Å²) in [6.07, 6.45) is 3.47. The van der Waals surface area contributed by atoms with E-state index in [2.05, 4.69) is 11.0 Å². The summed E-state index contributed by atoms with van der Waals surface area (Å²) in [4.78, 5) is 16.6. The Hall–Kier alpha value is -0.730. The lowest BCUT2D eigenvalue weighted by Gasteiger charge is -2.41. The molecular weight excluding hydrogens is 258 g/mol. The summed E-state index contributed by atoms with van der Waals surface area (Å²) in [7, 11) is 0. The zero-order chi connectivity index (χ0) is 13.9. The van der Waals surface area contributed by atoms with Crippen molar-refractivity contribution in [2.75, 3.05) is 31.9 Å². The Bertz CT molecular complexity index is 363. The fourth-order valence-electron chi connectivity index (χ4n) is 2.70. The summed E-state index contributed by atoms with van der Waals surface area (Å²) in [6, 6.07) is 2.34. The first-order chi connectivity index (χ1) is 9.04. The molecule has 0 bridgehead atoms. The molecule has 1 amide bonds. The Morgan fingerprint density at radius 2 is 1.95 bits per heavy atom. The average Bonchev–Trinajstić information content (AvgIpc) is 2.47. The van der Waals surface area contributed by atoms with Gasteiger partial charge in [0.05, 0.1) is 11.3 Å². The van der Waals surface area contributed by atoms with Gasteiger partial charge in [-0.25, -0.2) is 0 Å². The summed E-state index contributed by atoms with van der Waals surface area (Å²) < 4.78 is 0. The number of piperazine rings is 1. The second-order valence-corrected chi connectivity index (χ2v) is 7.15. The summed E-state index contributed by atoms with van der Waals surface area (Å²) in [6.45, 7) is 7.04. The molecule has 2 saturated heterocycles. The molecular formula is C14H23N3OS. The lowest BCUT2D eigenvalue weighted by molar-refractivity contribution is -0.133. The van der Waals surface area contributed by atoms with Gasteiger partial charge in [-0.2, -0.15) is 5.26 Å². The highest BCUT2D eigenvalue weighted by Crippen LogP contribution is 2.27. The van der Waals surface area contributed by atoms with E-state index in [1.165, 1.54) is 12.8 Å². The third kappa shape index (κ3) is 3.43. The van der Waals surface area contributed by atoms with E-state index in [1.807, 2.05) is 30.5 Å². The second kappa shape index (κ2) is 6.15. The second-order valence-electron chi connectivity index (χ2n) is 5.84. The third-order valence-electron chi connectivity index (χ3n) is 4.11. The van der Waals surface area contributed by atoms with Crippen LogP contribution in [-0.4, -0.2) is 58.4 Å². The minimum atomic E-state index is -0.422. The molecule has 2 aliphatic heterocycles. The molecule has 2 aliphatic rings. The minimum Gasteiger partial charge on any atom is -0.339 e. The highest BCUT2D eigenvalue weighted by molar-refractivity contribution is 8.00. The van der Waals surface area contributed by atoms with Crippen LogP contribution >= 0.6 is 11.8 Å². The molecule has 1 atom stereocenters. The molecule has 5 heteroatoms. The molecule has 2 fully saturated rings. The fourth-order valence-corrected chi connectivity index (χ4v) is 3.98. The van der Waals surface area contributed by atoms with Crippen molar-refractivity contribution in [3.05, 3.63) is 0 Å². The molecule has 0 aromatic carbocycles. The van der Waals surface area contributed by atoms with Gasteiger partial charge in [-0.05, 0) is 32.4 Å². The van der Waals surface area contributed by atoms with Crippen LogP contribution in [0.3, 0.4) is 0 Å². The van der Waals surface area contributed by atoms with Crippen LogP contribution in [0, 0.1) is 11.3 Å².